The van der Waals surface area contributed by atoms with Gasteiger partial charge < -0.3 is 19.9 Å². The minimum absolute atomic E-state index is 0.0800. The van der Waals surface area contributed by atoms with Gasteiger partial charge in [0, 0.05) is 15.0 Å². The van der Waals surface area contributed by atoms with Gasteiger partial charge in [-0.3, -0.25) is 0 Å². The van der Waals surface area contributed by atoms with Crippen molar-refractivity contribution < 1.29 is 19.4 Å². The van der Waals surface area contributed by atoms with Crippen LogP contribution >= 0.6 is 27.3 Å². The first-order chi connectivity index (χ1) is 15.0. The molecule has 0 saturated heterocycles. The Morgan fingerprint density at radius 2 is 1.87 bits per heavy atom. The molecule has 0 unspecified atom stereocenters. The monoisotopic (exact) mass is 500 g/mol. The molecule has 0 saturated carbocycles. The first-order valence-electron chi connectivity index (χ1n) is 9.23. The number of aliphatic hydroxyl groups excluding tert-OH is 1. The van der Waals surface area contributed by atoms with E-state index in [2.05, 4.69) is 26.2 Å². The molecule has 7 nitrogen and oxygen atoms in total. The van der Waals surface area contributed by atoms with Crippen molar-refractivity contribution in [2.24, 2.45) is 0 Å². The van der Waals surface area contributed by atoms with Gasteiger partial charge in [-0.05, 0) is 55.0 Å². The summed E-state index contributed by atoms with van der Waals surface area (Å²) in [5.74, 6) is -0.695. The molecule has 0 aliphatic carbocycles. The molecule has 0 aliphatic rings. The molecule has 2 aromatic carbocycles. The van der Waals surface area contributed by atoms with Crippen LogP contribution in [0.1, 0.15) is 11.8 Å². The van der Waals surface area contributed by atoms with E-state index in [1.807, 2.05) is 42.5 Å². The van der Waals surface area contributed by atoms with E-state index in [0.717, 1.165) is 20.6 Å². The summed E-state index contributed by atoms with van der Waals surface area (Å²) in [7, 11) is 1.59. The first-order valence-corrected chi connectivity index (χ1v) is 10.8. The van der Waals surface area contributed by atoms with Crippen LogP contribution in [0, 0.1) is 5.39 Å². The number of aliphatic hydroxyl groups is 1. The number of nitrogens with zero attached hydrogens (tertiary/aromatic N) is 2. The third-order valence-electron chi connectivity index (χ3n) is 4.24. The van der Waals surface area contributed by atoms with Crippen LogP contribution in [-0.2, 0) is 9.53 Å². The summed E-state index contributed by atoms with van der Waals surface area (Å²) in [6.07, 6.45) is 0. The highest BCUT2D eigenvalue weighted by atomic mass is 79.9. The topological polar surface area (TPSA) is 95.9 Å². The van der Waals surface area contributed by atoms with Gasteiger partial charge in [-0.1, -0.05) is 28.1 Å². The lowest BCUT2D eigenvalue weighted by atomic mass is 10.1. The minimum Gasteiger partial charge on any atom is -0.500 e. The van der Waals surface area contributed by atoms with E-state index >= 15 is 0 Å². The lowest BCUT2D eigenvalue weighted by Crippen LogP contribution is -2.07. The van der Waals surface area contributed by atoms with Gasteiger partial charge in [-0.25, -0.2) is 4.79 Å². The number of ether oxygens (including phenoxy) is 2. The van der Waals surface area contributed by atoms with Crippen molar-refractivity contribution in [3.8, 4) is 16.2 Å². The van der Waals surface area contributed by atoms with E-state index in [4.69, 9.17) is 9.47 Å². The lowest BCUT2D eigenvalue weighted by Gasteiger charge is -2.07. The number of rotatable bonds is 7. The summed E-state index contributed by atoms with van der Waals surface area (Å²) in [6, 6.07) is 16.8. The van der Waals surface area contributed by atoms with E-state index in [1.165, 1.54) is 11.3 Å². The summed E-state index contributed by atoms with van der Waals surface area (Å²) in [5.41, 5.74) is 1.64. The number of thiophene rings is 1. The number of methoxy groups -OCH3 is 1. The fourth-order valence-electron chi connectivity index (χ4n) is 2.74. The Morgan fingerprint density at radius 1 is 1.19 bits per heavy atom. The van der Waals surface area contributed by atoms with Crippen molar-refractivity contribution in [1.29, 1.82) is 5.39 Å². The van der Waals surface area contributed by atoms with E-state index in [1.54, 1.807) is 26.2 Å². The fraction of sp³-hybridized carbons (Fsp3) is 0.136. The molecule has 1 heterocycles. The zero-order valence-electron chi connectivity index (χ0n) is 16.8. The van der Waals surface area contributed by atoms with Gasteiger partial charge in [0.05, 0.1) is 19.4 Å². The summed E-state index contributed by atoms with van der Waals surface area (Å²) >= 11 is 4.66. The Balaban J connectivity index is 2.09. The normalized spacial score (nSPS) is 11.3. The molecule has 3 aromatic rings. The van der Waals surface area contributed by atoms with E-state index in [9.17, 15) is 15.3 Å². The van der Waals surface area contributed by atoms with Crippen LogP contribution in [0.4, 0.5) is 11.4 Å². The first kappa shape index (κ1) is 22.3. The second kappa shape index (κ2) is 10.1. The van der Waals surface area contributed by atoms with Crippen molar-refractivity contribution in [1.82, 2.24) is 0 Å². The number of carbonyl (C=O) groups is 1. The Kier molecular flexibility index (Phi) is 7.28. The lowest BCUT2D eigenvalue weighted by molar-refractivity contribution is -0.138. The molecule has 0 aliphatic heterocycles. The molecule has 0 amide bonds. The van der Waals surface area contributed by atoms with Crippen LogP contribution < -0.4 is 10.1 Å². The second-order valence-corrected chi connectivity index (χ2v) is 8.20. The predicted molar refractivity (Wildman–Crippen MR) is 125 cm³/mol. The molecule has 3 rings (SSSR count). The number of hydrogen-bond donors (Lipinski definition) is 2. The van der Waals surface area contributed by atoms with Crippen LogP contribution in [-0.4, -0.2) is 24.8 Å². The predicted octanol–water partition coefficient (Wildman–Crippen LogP) is 6.57. The van der Waals surface area contributed by atoms with Gasteiger partial charge in [0.1, 0.15) is 10.6 Å². The van der Waals surface area contributed by atoms with E-state index < -0.39 is 17.4 Å². The molecule has 0 spiro atoms. The summed E-state index contributed by atoms with van der Waals surface area (Å²) in [4.78, 5) is 16.2. The summed E-state index contributed by atoms with van der Waals surface area (Å²) in [5, 5.41) is 23.3. The highest BCUT2D eigenvalue weighted by Crippen LogP contribution is 2.41. The fourth-order valence-corrected chi connectivity index (χ4v) is 4.07. The molecule has 2 N–H and O–H groups in total. The van der Waals surface area contributed by atoms with Crippen molar-refractivity contribution in [2.75, 3.05) is 19.0 Å². The van der Waals surface area contributed by atoms with Crippen LogP contribution in [0.2, 0.25) is 0 Å². The van der Waals surface area contributed by atoms with Crippen LogP contribution in [0.5, 0.6) is 5.75 Å². The smallest absolute Gasteiger partial charge is 0.500 e. The molecule has 0 bridgehead atoms. The van der Waals surface area contributed by atoms with Crippen molar-refractivity contribution in [2.45, 2.75) is 6.92 Å². The second-order valence-electron chi connectivity index (χ2n) is 6.23. The Morgan fingerprint density at radius 3 is 2.45 bits per heavy atom. The third-order valence-corrected chi connectivity index (χ3v) is 5.96. The highest BCUT2D eigenvalue weighted by molar-refractivity contribution is 9.10. The average Bonchev–Trinajstić information content (AvgIpc) is 3.19. The zero-order chi connectivity index (χ0) is 22.4. The molecule has 0 fully saturated rings. The van der Waals surface area contributed by atoms with Gasteiger partial charge in [-0.15, -0.1) is 11.3 Å². The SMILES string of the molecule is CCOC(=O)/C([N+]#N)=C(\O)c1sc(-c2ccc(Br)cc2)cc1Nc1ccc(OC)cc1. The van der Waals surface area contributed by atoms with Crippen LogP contribution in [0.3, 0.4) is 0 Å². The third kappa shape index (κ3) is 5.23. The maximum absolute atomic E-state index is 12.1. The minimum atomic E-state index is -0.920. The molecule has 9 heteroatoms. The molecule has 31 heavy (non-hydrogen) atoms. The number of carbonyl (C=O) groups excluding carboxylic acids is 1. The number of diazo groups is 1. The molecule has 1 aromatic heterocycles. The van der Waals surface area contributed by atoms with Crippen LogP contribution in [0.15, 0.2) is 64.8 Å². The van der Waals surface area contributed by atoms with Gasteiger partial charge in [-0.2, -0.15) is 0 Å². The number of benzene rings is 2. The van der Waals surface area contributed by atoms with Gasteiger partial charge in [0.2, 0.25) is 11.2 Å². The number of nitrogens with one attached hydrogen (secondary N) is 1. The Labute approximate surface area is 191 Å². The number of halogens is 1. The highest BCUT2D eigenvalue weighted by Gasteiger charge is 2.33. The number of anilines is 2. The standard InChI is InChI=1S/C22H18BrN3O4S/c1-3-30-22(28)19(26-24)20(27)21-17(25-15-8-10-16(29-2)11-9-15)12-18(31-21)13-4-6-14(23)7-5-13/h4-12H,3H2,1-2H3,(H-,25,27,28)/p+1. The zero-order valence-corrected chi connectivity index (χ0v) is 19.2. The molecular weight excluding hydrogens is 482 g/mol. The van der Waals surface area contributed by atoms with E-state index in [-0.39, 0.29) is 6.61 Å². The summed E-state index contributed by atoms with van der Waals surface area (Å²) in [6.45, 7) is 1.70. The van der Waals surface area contributed by atoms with E-state index in [0.29, 0.717) is 16.3 Å². The summed E-state index contributed by atoms with van der Waals surface area (Å²) < 4.78 is 11.0. The maximum Gasteiger partial charge on any atom is 0.510 e. The van der Waals surface area contributed by atoms with Crippen molar-refractivity contribution >= 4 is 50.4 Å². The maximum atomic E-state index is 12.1. The van der Waals surface area contributed by atoms with Crippen molar-refractivity contribution in [3.05, 3.63) is 74.6 Å². The van der Waals surface area contributed by atoms with Gasteiger partial charge >= 0.3 is 11.7 Å². The number of hydrogen-bond acceptors (Lipinski definition) is 7. The van der Waals surface area contributed by atoms with Crippen molar-refractivity contribution in [3.63, 3.8) is 0 Å². The average molecular weight is 501 g/mol. The largest absolute Gasteiger partial charge is 0.510 e. The van der Waals surface area contributed by atoms with Crippen LogP contribution in [0.25, 0.3) is 21.2 Å². The quantitative estimate of drug-likeness (QED) is 0.165. The molecule has 0 radical (unpaired) electrons. The van der Waals surface area contributed by atoms with Gasteiger partial charge in [0.15, 0.2) is 4.98 Å². The number of esters is 1. The van der Waals surface area contributed by atoms with Gasteiger partial charge in [0.25, 0.3) is 0 Å². The Hall–Kier alpha value is -3.35. The molecular formula is C22H19BrN3O4S+. The molecule has 158 valence electrons. The Bertz CT molecular complexity index is 1150. The molecule has 0 atom stereocenters.